The highest BCUT2D eigenvalue weighted by Gasteiger charge is 2.28. The van der Waals surface area contributed by atoms with Crippen LogP contribution in [-0.2, 0) is 0 Å². The van der Waals surface area contributed by atoms with Crippen molar-refractivity contribution in [1.29, 1.82) is 0 Å². The fourth-order valence-corrected chi connectivity index (χ4v) is 3.16. The Morgan fingerprint density at radius 2 is 1.69 bits per heavy atom. The van der Waals surface area contributed by atoms with Gasteiger partial charge in [0.25, 0.3) is 0 Å². The molecule has 88 valence electrons. The molecule has 3 unspecified atom stereocenters. The Balaban J connectivity index is 2.07. The van der Waals surface area contributed by atoms with E-state index >= 15 is 0 Å². The van der Waals surface area contributed by atoms with E-state index in [0.29, 0.717) is 5.92 Å². The van der Waals surface area contributed by atoms with Crippen molar-refractivity contribution in [2.75, 3.05) is 0 Å². The number of nitrogens with zero attached hydrogens (tertiary/aromatic N) is 1. The van der Waals surface area contributed by atoms with Crippen LogP contribution in [0.3, 0.4) is 0 Å². The lowest BCUT2D eigenvalue weighted by Gasteiger charge is -2.35. The van der Waals surface area contributed by atoms with Gasteiger partial charge in [-0.1, -0.05) is 13.8 Å². The van der Waals surface area contributed by atoms with Gasteiger partial charge in [0.1, 0.15) is 0 Å². The van der Waals surface area contributed by atoms with E-state index in [2.05, 4.69) is 31.0 Å². The van der Waals surface area contributed by atoms with Crippen LogP contribution in [0.5, 0.6) is 0 Å². The van der Waals surface area contributed by atoms with Gasteiger partial charge in [-0.05, 0) is 54.7 Å². The smallest absolute Gasteiger partial charge is 0.0324 e. The predicted molar refractivity (Wildman–Crippen MR) is 66.8 cm³/mol. The van der Waals surface area contributed by atoms with Gasteiger partial charge in [-0.2, -0.15) is 0 Å². The molecule has 2 nitrogen and oxygen atoms in total. The molecule has 0 bridgehead atoms. The van der Waals surface area contributed by atoms with Crippen molar-refractivity contribution < 1.29 is 0 Å². The Morgan fingerprint density at radius 1 is 1.12 bits per heavy atom. The lowest BCUT2D eigenvalue weighted by molar-refractivity contribution is 0.193. The molecule has 0 saturated heterocycles. The van der Waals surface area contributed by atoms with Crippen molar-refractivity contribution in [1.82, 2.24) is 4.98 Å². The number of hydrogen-bond acceptors (Lipinski definition) is 2. The largest absolute Gasteiger partial charge is 0.324 e. The second-order valence-corrected chi connectivity index (χ2v) is 5.48. The molecule has 1 saturated carbocycles. The SMILES string of the molecule is CC1CC(C)CC(C(N)c2ccncc2)C1. The second kappa shape index (κ2) is 4.96. The summed E-state index contributed by atoms with van der Waals surface area (Å²) in [7, 11) is 0. The van der Waals surface area contributed by atoms with Crippen LogP contribution >= 0.6 is 0 Å². The summed E-state index contributed by atoms with van der Waals surface area (Å²) in [6, 6.07) is 4.29. The van der Waals surface area contributed by atoms with Gasteiger partial charge in [0.2, 0.25) is 0 Å². The lowest BCUT2D eigenvalue weighted by Crippen LogP contribution is -2.29. The summed E-state index contributed by atoms with van der Waals surface area (Å²) < 4.78 is 0. The maximum absolute atomic E-state index is 6.37. The van der Waals surface area contributed by atoms with E-state index in [4.69, 9.17) is 5.73 Å². The third-order valence-corrected chi connectivity index (χ3v) is 3.81. The fourth-order valence-electron chi connectivity index (χ4n) is 3.16. The number of hydrogen-bond donors (Lipinski definition) is 1. The van der Waals surface area contributed by atoms with Crippen LogP contribution in [0.2, 0.25) is 0 Å². The van der Waals surface area contributed by atoms with Crippen LogP contribution in [0.25, 0.3) is 0 Å². The molecule has 1 aliphatic rings. The molecule has 1 aromatic rings. The molecule has 1 aliphatic carbocycles. The summed E-state index contributed by atoms with van der Waals surface area (Å²) >= 11 is 0. The van der Waals surface area contributed by atoms with Gasteiger partial charge in [0.15, 0.2) is 0 Å². The van der Waals surface area contributed by atoms with Crippen molar-refractivity contribution in [2.45, 2.75) is 39.2 Å². The molecule has 1 aromatic heterocycles. The molecule has 16 heavy (non-hydrogen) atoms. The Hall–Kier alpha value is -0.890. The first-order valence-electron chi connectivity index (χ1n) is 6.32. The first-order valence-corrected chi connectivity index (χ1v) is 6.32. The molecule has 0 spiro atoms. The molecular formula is C14H22N2. The maximum atomic E-state index is 6.37. The number of pyridine rings is 1. The zero-order chi connectivity index (χ0) is 11.5. The molecule has 0 aromatic carbocycles. The minimum Gasteiger partial charge on any atom is -0.324 e. The lowest BCUT2D eigenvalue weighted by atomic mass is 9.73. The summed E-state index contributed by atoms with van der Waals surface area (Å²) in [4.78, 5) is 4.05. The summed E-state index contributed by atoms with van der Waals surface area (Å²) in [6.07, 6.45) is 7.58. The zero-order valence-corrected chi connectivity index (χ0v) is 10.3. The fraction of sp³-hybridized carbons (Fsp3) is 0.643. The third-order valence-electron chi connectivity index (χ3n) is 3.81. The molecule has 2 N–H and O–H groups in total. The molecule has 1 heterocycles. The second-order valence-electron chi connectivity index (χ2n) is 5.48. The van der Waals surface area contributed by atoms with Gasteiger partial charge < -0.3 is 5.73 Å². The molecule has 3 atom stereocenters. The van der Waals surface area contributed by atoms with Gasteiger partial charge in [0, 0.05) is 18.4 Å². The summed E-state index contributed by atoms with van der Waals surface area (Å²) in [5.74, 6) is 2.28. The van der Waals surface area contributed by atoms with Crippen LogP contribution < -0.4 is 5.73 Å². The number of aromatic nitrogens is 1. The highest BCUT2D eigenvalue weighted by molar-refractivity contribution is 5.15. The van der Waals surface area contributed by atoms with Crippen LogP contribution in [0.4, 0.5) is 0 Å². The first-order chi connectivity index (χ1) is 7.66. The van der Waals surface area contributed by atoms with Crippen molar-refractivity contribution in [3.8, 4) is 0 Å². The standard InChI is InChI=1S/C14H22N2/c1-10-7-11(2)9-13(8-10)14(15)12-3-5-16-6-4-12/h3-6,10-11,13-14H,7-9,15H2,1-2H3. The molecule has 2 rings (SSSR count). The summed E-state index contributed by atoms with van der Waals surface area (Å²) in [5.41, 5.74) is 7.60. The molecule has 1 fully saturated rings. The van der Waals surface area contributed by atoms with Crippen molar-refractivity contribution in [2.24, 2.45) is 23.5 Å². The van der Waals surface area contributed by atoms with E-state index in [1.807, 2.05) is 12.4 Å². The van der Waals surface area contributed by atoms with Gasteiger partial charge >= 0.3 is 0 Å². The van der Waals surface area contributed by atoms with Crippen LogP contribution in [0.1, 0.15) is 44.7 Å². The van der Waals surface area contributed by atoms with E-state index in [1.54, 1.807) is 0 Å². The Morgan fingerprint density at radius 3 is 2.25 bits per heavy atom. The van der Waals surface area contributed by atoms with E-state index in [0.717, 1.165) is 11.8 Å². The van der Waals surface area contributed by atoms with Crippen LogP contribution in [0, 0.1) is 17.8 Å². The average Bonchev–Trinajstić information content (AvgIpc) is 2.28. The van der Waals surface area contributed by atoms with Crippen LogP contribution in [0.15, 0.2) is 24.5 Å². The van der Waals surface area contributed by atoms with Crippen molar-refractivity contribution >= 4 is 0 Å². The maximum Gasteiger partial charge on any atom is 0.0324 e. The molecule has 2 heteroatoms. The number of rotatable bonds is 2. The molecule has 0 aliphatic heterocycles. The van der Waals surface area contributed by atoms with Crippen molar-refractivity contribution in [3.63, 3.8) is 0 Å². The quantitative estimate of drug-likeness (QED) is 0.828. The predicted octanol–water partition coefficient (Wildman–Crippen LogP) is 3.15. The van der Waals surface area contributed by atoms with Gasteiger partial charge in [-0.25, -0.2) is 0 Å². The van der Waals surface area contributed by atoms with Crippen molar-refractivity contribution in [3.05, 3.63) is 30.1 Å². The average molecular weight is 218 g/mol. The monoisotopic (exact) mass is 218 g/mol. The topological polar surface area (TPSA) is 38.9 Å². The van der Waals surface area contributed by atoms with Gasteiger partial charge in [-0.15, -0.1) is 0 Å². The molecular weight excluding hydrogens is 196 g/mol. The Labute approximate surface area is 98.3 Å². The Bertz CT molecular complexity index is 313. The molecule has 0 amide bonds. The normalized spacial score (nSPS) is 32.3. The number of nitrogens with two attached hydrogens (primary N) is 1. The minimum atomic E-state index is 0.188. The Kier molecular flexibility index (Phi) is 3.59. The third kappa shape index (κ3) is 2.62. The summed E-state index contributed by atoms with van der Waals surface area (Å²) in [5, 5.41) is 0. The van der Waals surface area contributed by atoms with E-state index in [9.17, 15) is 0 Å². The highest BCUT2D eigenvalue weighted by atomic mass is 14.7. The van der Waals surface area contributed by atoms with Gasteiger partial charge in [-0.3, -0.25) is 4.98 Å². The minimum absolute atomic E-state index is 0.188. The van der Waals surface area contributed by atoms with Gasteiger partial charge in [0.05, 0.1) is 0 Å². The van der Waals surface area contributed by atoms with E-state index in [-0.39, 0.29) is 6.04 Å². The van der Waals surface area contributed by atoms with E-state index in [1.165, 1.54) is 24.8 Å². The van der Waals surface area contributed by atoms with Crippen LogP contribution in [-0.4, -0.2) is 4.98 Å². The highest BCUT2D eigenvalue weighted by Crippen LogP contribution is 2.38. The summed E-state index contributed by atoms with van der Waals surface area (Å²) in [6.45, 7) is 4.70. The van der Waals surface area contributed by atoms with E-state index < -0.39 is 0 Å². The zero-order valence-electron chi connectivity index (χ0n) is 10.3. The molecule has 0 radical (unpaired) electrons. The first kappa shape index (κ1) is 11.6.